The molecule has 126 valence electrons. The van der Waals surface area contributed by atoms with Crippen molar-refractivity contribution in [2.24, 2.45) is 0 Å². The van der Waals surface area contributed by atoms with Gasteiger partial charge in [-0.1, -0.05) is 42.5 Å². The molecule has 0 bridgehead atoms. The van der Waals surface area contributed by atoms with E-state index in [0.29, 0.717) is 5.56 Å². The molecule has 0 spiro atoms. The second-order valence-electron chi connectivity index (χ2n) is 6.33. The number of Topliss-reactive ketones (excluding diaryl/α,β-unsaturated/α-hetero) is 1. The first kappa shape index (κ1) is 16.9. The second-order valence-corrected chi connectivity index (χ2v) is 6.33. The molecule has 0 fully saturated rings. The largest absolute Gasteiger partial charge is 0.326 e. The molecule has 3 heteroatoms. The van der Waals surface area contributed by atoms with Crippen molar-refractivity contribution in [3.05, 3.63) is 77.4 Å². The lowest BCUT2D eigenvalue weighted by atomic mass is 10.0. The molecular weight excluding hydrogens is 310 g/mol. The number of nitrogens with one attached hydrogen (secondary N) is 1. The van der Waals surface area contributed by atoms with E-state index in [2.05, 4.69) is 5.32 Å². The number of hydrogen-bond donors (Lipinski definition) is 1. The lowest BCUT2D eigenvalue weighted by molar-refractivity contribution is -0.116. The Morgan fingerprint density at radius 2 is 1.56 bits per heavy atom. The summed E-state index contributed by atoms with van der Waals surface area (Å²) < 4.78 is 0. The number of hydrogen-bond acceptors (Lipinski definition) is 2. The summed E-state index contributed by atoms with van der Waals surface area (Å²) in [6.45, 7) is 4.04. The maximum absolute atomic E-state index is 12.4. The Balaban J connectivity index is 1.60. The van der Waals surface area contributed by atoms with E-state index in [1.54, 1.807) is 0 Å². The topological polar surface area (TPSA) is 46.2 Å². The van der Waals surface area contributed by atoms with Gasteiger partial charge < -0.3 is 5.32 Å². The molecule has 0 aliphatic heterocycles. The van der Waals surface area contributed by atoms with Crippen molar-refractivity contribution in [3.63, 3.8) is 0 Å². The van der Waals surface area contributed by atoms with Crippen LogP contribution in [0.1, 0.15) is 34.3 Å². The van der Waals surface area contributed by atoms with Crippen molar-refractivity contribution in [1.82, 2.24) is 0 Å². The van der Waals surface area contributed by atoms with Crippen molar-refractivity contribution in [3.8, 4) is 0 Å². The van der Waals surface area contributed by atoms with Crippen molar-refractivity contribution in [1.29, 1.82) is 0 Å². The number of carbonyl (C=O) groups is 2. The molecule has 0 radical (unpaired) electrons. The molecule has 1 N–H and O–H groups in total. The molecule has 0 aromatic heterocycles. The standard InChI is InChI=1S/C22H21NO2/c1-15-7-10-20(13-16(15)2)23-22(25)12-11-21(24)19-9-8-17-5-3-4-6-18(17)14-19/h3-10,13-14H,11-12H2,1-2H3,(H,23,25). The van der Waals surface area contributed by atoms with Crippen molar-refractivity contribution in [2.45, 2.75) is 26.7 Å². The Bertz CT molecular complexity index is 944. The van der Waals surface area contributed by atoms with E-state index in [1.807, 2.05) is 74.5 Å². The Labute approximate surface area is 147 Å². The van der Waals surface area contributed by atoms with Gasteiger partial charge in [-0.25, -0.2) is 0 Å². The van der Waals surface area contributed by atoms with Gasteiger partial charge in [-0.3, -0.25) is 9.59 Å². The summed E-state index contributed by atoms with van der Waals surface area (Å²) in [4.78, 5) is 24.5. The van der Waals surface area contributed by atoms with Gasteiger partial charge in [0.25, 0.3) is 0 Å². The molecule has 0 saturated heterocycles. The molecule has 0 aliphatic carbocycles. The zero-order valence-corrected chi connectivity index (χ0v) is 14.5. The fraction of sp³-hybridized carbons (Fsp3) is 0.182. The SMILES string of the molecule is Cc1ccc(NC(=O)CCC(=O)c2ccc3ccccc3c2)cc1C. The van der Waals surface area contributed by atoms with Crippen LogP contribution in [0.25, 0.3) is 10.8 Å². The molecular formula is C22H21NO2. The van der Waals surface area contributed by atoms with E-state index in [-0.39, 0.29) is 24.5 Å². The van der Waals surface area contributed by atoms with Crippen molar-refractivity contribution < 1.29 is 9.59 Å². The third kappa shape index (κ3) is 4.13. The predicted octanol–water partition coefficient (Wildman–Crippen LogP) is 5.06. The van der Waals surface area contributed by atoms with Gasteiger partial charge in [0.15, 0.2) is 5.78 Å². The third-order valence-corrected chi connectivity index (χ3v) is 4.44. The molecule has 3 nitrogen and oxygen atoms in total. The highest BCUT2D eigenvalue weighted by molar-refractivity contribution is 6.02. The molecule has 0 unspecified atom stereocenters. The minimum Gasteiger partial charge on any atom is -0.326 e. The Morgan fingerprint density at radius 3 is 2.32 bits per heavy atom. The number of benzene rings is 3. The maximum Gasteiger partial charge on any atom is 0.224 e. The highest BCUT2D eigenvalue weighted by Crippen LogP contribution is 2.18. The zero-order valence-electron chi connectivity index (χ0n) is 14.5. The highest BCUT2D eigenvalue weighted by Gasteiger charge is 2.10. The molecule has 0 saturated carbocycles. The number of fused-ring (bicyclic) bond motifs is 1. The number of anilines is 1. The molecule has 1 amide bonds. The quantitative estimate of drug-likeness (QED) is 0.664. The van der Waals surface area contributed by atoms with Gasteiger partial charge in [0.2, 0.25) is 5.91 Å². The number of ketones is 1. The smallest absolute Gasteiger partial charge is 0.224 e. The summed E-state index contributed by atoms with van der Waals surface area (Å²) in [6.07, 6.45) is 0.383. The number of amides is 1. The summed E-state index contributed by atoms with van der Waals surface area (Å²) in [5.41, 5.74) is 3.73. The summed E-state index contributed by atoms with van der Waals surface area (Å²) >= 11 is 0. The first-order chi connectivity index (χ1) is 12.0. The summed E-state index contributed by atoms with van der Waals surface area (Å²) in [5, 5.41) is 4.99. The Hall–Kier alpha value is -2.94. The van der Waals surface area contributed by atoms with Gasteiger partial charge in [-0.05, 0) is 53.9 Å². The molecule has 3 aromatic carbocycles. The molecule has 0 aliphatic rings. The lowest BCUT2D eigenvalue weighted by Gasteiger charge is -2.08. The van der Waals surface area contributed by atoms with Crippen LogP contribution in [0, 0.1) is 13.8 Å². The second kappa shape index (κ2) is 7.31. The average Bonchev–Trinajstić information content (AvgIpc) is 2.62. The van der Waals surface area contributed by atoms with E-state index in [0.717, 1.165) is 22.0 Å². The molecule has 3 rings (SSSR count). The maximum atomic E-state index is 12.4. The number of aryl methyl sites for hydroxylation is 2. The molecule has 3 aromatic rings. The van der Waals surface area contributed by atoms with Crippen LogP contribution in [-0.4, -0.2) is 11.7 Å². The predicted molar refractivity (Wildman–Crippen MR) is 102 cm³/mol. The molecule has 25 heavy (non-hydrogen) atoms. The normalized spacial score (nSPS) is 10.6. The Morgan fingerprint density at radius 1 is 0.800 bits per heavy atom. The summed E-state index contributed by atoms with van der Waals surface area (Å²) in [5.74, 6) is -0.154. The Kier molecular flexibility index (Phi) is 4.94. The van der Waals surface area contributed by atoms with Gasteiger partial charge in [0.05, 0.1) is 0 Å². The van der Waals surface area contributed by atoms with E-state index < -0.39 is 0 Å². The fourth-order valence-electron chi connectivity index (χ4n) is 2.78. The van der Waals surface area contributed by atoms with E-state index in [9.17, 15) is 9.59 Å². The van der Waals surface area contributed by atoms with Gasteiger partial charge in [-0.15, -0.1) is 0 Å². The van der Waals surface area contributed by atoms with Crippen LogP contribution in [0.2, 0.25) is 0 Å². The first-order valence-corrected chi connectivity index (χ1v) is 8.42. The summed E-state index contributed by atoms with van der Waals surface area (Å²) in [7, 11) is 0. The van der Waals surface area contributed by atoms with E-state index in [4.69, 9.17) is 0 Å². The first-order valence-electron chi connectivity index (χ1n) is 8.42. The number of rotatable bonds is 5. The monoisotopic (exact) mass is 331 g/mol. The molecule has 0 heterocycles. The van der Waals surface area contributed by atoms with Crippen molar-refractivity contribution >= 4 is 28.2 Å². The molecule has 0 atom stereocenters. The van der Waals surface area contributed by atoms with Crippen LogP contribution in [0.3, 0.4) is 0 Å². The average molecular weight is 331 g/mol. The van der Waals surface area contributed by atoms with Gasteiger partial charge in [-0.2, -0.15) is 0 Å². The van der Waals surface area contributed by atoms with Gasteiger partial charge in [0.1, 0.15) is 0 Å². The van der Waals surface area contributed by atoms with Gasteiger partial charge >= 0.3 is 0 Å². The van der Waals surface area contributed by atoms with Crippen LogP contribution in [-0.2, 0) is 4.79 Å². The van der Waals surface area contributed by atoms with Gasteiger partial charge in [0, 0.05) is 24.1 Å². The third-order valence-electron chi connectivity index (χ3n) is 4.44. The highest BCUT2D eigenvalue weighted by atomic mass is 16.2. The van der Waals surface area contributed by atoms with Crippen LogP contribution in [0.15, 0.2) is 60.7 Å². The van der Waals surface area contributed by atoms with Crippen LogP contribution in [0.4, 0.5) is 5.69 Å². The van der Waals surface area contributed by atoms with Crippen LogP contribution in [0.5, 0.6) is 0 Å². The minimum atomic E-state index is -0.141. The summed E-state index contributed by atoms with van der Waals surface area (Å²) in [6, 6.07) is 19.4. The van der Waals surface area contributed by atoms with E-state index >= 15 is 0 Å². The van der Waals surface area contributed by atoms with Crippen molar-refractivity contribution in [2.75, 3.05) is 5.32 Å². The van der Waals surface area contributed by atoms with Crippen LogP contribution < -0.4 is 5.32 Å². The minimum absolute atomic E-state index is 0.0130. The lowest BCUT2D eigenvalue weighted by Crippen LogP contribution is -2.13. The van der Waals surface area contributed by atoms with E-state index in [1.165, 1.54) is 5.56 Å². The number of carbonyl (C=O) groups excluding carboxylic acids is 2. The fourth-order valence-corrected chi connectivity index (χ4v) is 2.78. The zero-order chi connectivity index (χ0) is 17.8. The van der Waals surface area contributed by atoms with Crippen LogP contribution >= 0.6 is 0 Å².